The summed E-state index contributed by atoms with van der Waals surface area (Å²) in [6.07, 6.45) is 1.29. The third kappa shape index (κ3) is 2.78. The Morgan fingerprint density at radius 1 is 1.68 bits per heavy atom. The SMILES string of the molecule is CC1(C)CN(c2nccc(C#N)c2N)CC(CO)O1. The highest BCUT2D eigenvalue weighted by Crippen LogP contribution is 2.29. The standard InChI is InChI=1S/C13H18N4O2/c1-13(2)8-17(6-10(7-18)19-13)12-11(15)9(5-14)3-4-16-12/h3-4,10,18H,6-8,15H2,1-2H3. The highest BCUT2D eigenvalue weighted by Gasteiger charge is 2.34. The van der Waals surface area contributed by atoms with Crippen LogP contribution in [0.1, 0.15) is 19.4 Å². The van der Waals surface area contributed by atoms with Crippen molar-refractivity contribution in [2.75, 3.05) is 30.3 Å². The van der Waals surface area contributed by atoms with Crippen LogP contribution >= 0.6 is 0 Å². The second-order valence-electron chi connectivity index (χ2n) is 5.27. The van der Waals surface area contributed by atoms with Crippen molar-refractivity contribution in [3.05, 3.63) is 17.8 Å². The molecule has 102 valence electrons. The van der Waals surface area contributed by atoms with Gasteiger partial charge in [0, 0.05) is 19.3 Å². The summed E-state index contributed by atoms with van der Waals surface area (Å²) in [6, 6.07) is 3.64. The molecule has 0 amide bonds. The van der Waals surface area contributed by atoms with Crippen LogP contribution in [0.2, 0.25) is 0 Å². The molecular formula is C13H18N4O2. The molecule has 0 bridgehead atoms. The summed E-state index contributed by atoms with van der Waals surface area (Å²) in [6.45, 7) is 4.96. The van der Waals surface area contributed by atoms with Crippen LogP contribution in [0.3, 0.4) is 0 Å². The van der Waals surface area contributed by atoms with Crippen molar-refractivity contribution in [1.82, 2.24) is 4.98 Å². The topological polar surface area (TPSA) is 95.4 Å². The van der Waals surface area contributed by atoms with Gasteiger partial charge < -0.3 is 20.5 Å². The zero-order chi connectivity index (χ0) is 14.0. The lowest BCUT2D eigenvalue weighted by Gasteiger charge is -2.43. The summed E-state index contributed by atoms with van der Waals surface area (Å²) >= 11 is 0. The van der Waals surface area contributed by atoms with Crippen LogP contribution in [0.5, 0.6) is 0 Å². The molecule has 3 N–H and O–H groups in total. The number of aromatic nitrogens is 1. The maximum absolute atomic E-state index is 9.30. The second-order valence-corrected chi connectivity index (χ2v) is 5.27. The predicted molar refractivity (Wildman–Crippen MR) is 71.6 cm³/mol. The third-order valence-corrected chi connectivity index (χ3v) is 3.07. The van der Waals surface area contributed by atoms with Gasteiger partial charge >= 0.3 is 0 Å². The molecule has 0 spiro atoms. The van der Waals surface area contributed by atoms with Crippen molar-refractivity contribution in [1.29, 1.82) is 5.26 Å². The summed E-state index contributed by atoms with van der Waals surface area (Å²) in [5, 5.41) is 18.3. The molecule has 1 unspecified atom stereocenters. The van der Waals surface area contributed by atoms with Gasteiger partial charge in [-0.15, -0.1) is 0 Å². The van der Waals surface area contributed by atoms with Crippen LogP contribution < -0.4 is 10.6 Å². The van der Waals surface area contributed by atoms with Crippen LogP contribution in [0.25, 0.3) is 0 Å². The van der Waals surface area contributed by atoms with Crippen LogP contribution in [0.4, 0.5) is 11.5 Å². The van der Waals surface area contributed by atoms with E-state index in [1.807, 2.05) is 24.8 Å². The molecule has 6 heteroatoms. The van der Waals surface area contributed by atoms with Crippen molar-refractivity contribution < 1.29 is 9.84 Å². The van der Waals surface area contributed by atoms with E-state index >= 15 is 0 Å². The number of nitrogens with zero attached hydrogens (tertiary/aromatic N) is 3. The average Bonchev–Trinajstić information content (AvgIpc) is 2.37. The quantitative estimate of drug-likeness (QED) is 0.806. The van der Waals surface area contributed by atoms with Crippen molar-refractivity contribution in [3.8, 4) is 6.07 Å². The van der Waals surface area contributed by atoms with E-state index in [9.17, 15) is 5.11 Å². The first-order valence-corrected chi connectivity index (χ1v) is 6.15. The molecule has 1 saturated heterocycles. The number of nitrogens with two attached hydrogens (primary N) is 1. The molecule has 2 rings (SSSR count). The van der Waals surface area contributed by atoms with E-state index in [-0.39, 0.29) is 12.7 Å². The lowest BCUT2D eigenvalue weighted by Crippen LogP contribution is -2.54. The Hall–Kier alpha value is -1.84. The number of nitrogen functional groups attached to an aromatic ring is 1. The largest absolute Gasteiger partial charge is 0.395 e. The Morgan fingerprint density at radius 2 is 2.42 bits per heavy atom. The first-order chi connectivity index (χ1) is 8.96. The second kappa shape index (κ2) is 5.03. The van der Waals surface area contributed by atoms with Crippen molar-refractivity contribution in [2.24, 2.45) is 0 Å². The fraction of sp³-hybridized carbons (Fsp3) is 0.538. The van der Waals surface area contributed by atoms with Crippen LogP contribution in [-0.2, 0) is 4.74 Å². The highest BCUT2D eigenvalue weighted by atomic mass is 16.5. The van der Waals surface area contributed by atoms with Gasteiger partial charge in [-0.3, -0.25) is 0 Å². The number of rotatable bonds is 2. The fourth-order valence-corrected chi connectivity index (χ4v) is 2.36. The van der Waals surface area contributed by atoms with E-state index in [0.717, 1.165) is 0 Å². The number of hydrogen-bond donors (Lipinski definition) is 2. The molecule has 1 aliphatic rings. The highest BCUT2D eigenvalue weighted by molar-refractivity contribution is 5.70. The van der Waals surface area contributed by atoms with Gasteiger partial charge in [-0.05, 0) is 19.9 Å². The third-order valence-electron chi connectivity index (χ3n) is 3.07. The maximum Gasteiger partial charge on any atom is 0.153 e. The Kier molecular flexibility index (Phi) is 3.60. The number of morpholine rings is 1. The average molecular weight is 262 g/mol. The lowest BCUT2D eigenvalue weighted by atomic mass is 10.0. The molecule has 1 aliphatic heterocycles. The number of hydrogen-bond acceptors (Lipinski definition) is 6. The minimum Gasteiger partial charge on any atom is -0.395 e. The molecule has 0 aliphatic carbocycles. The van der Waals surface area contributed by atoms with E-state index in [4.69, 9.17) is 15.7 Å². The zero-order valence-corrected chi connectivity index (χ0v) is 11.1. The van der Waals surface area contributed by atoms with E-state index in [1.165, 1.54) is 0 Å². The van der Waals surface area contributed by atoms with Crippen molar-refractivity contribution in [3.63, 3.8) is 0 Å². The summed E-state index contributed by atoms with van der Waals surface area (Å²) in [5.41, 5.74) is 6.36. The molecule has 19 heavy (non-hydrogen) atoms. The molecule has 0 aromatic carbocycles. The minimum absolute atomic E-state index is 0.0578. The summed E-state index contributed by atoms with van der Waals surface area (Å²) in [5.74, 6) is 0.578. The molecule has 1 fully saturated rings. The number of aliphatic hydroxyl groups excluding tert-OH is 1. The minimum atomic E-state index is -0.400. The number of anilines is 2. The van der Waals surface area contributed by atoms with Crippen LogP contribution in [0, 0.1) is 11.3 Å². The number of ether oxygens (including phenoxy) is 1. The van der Waals surface area contributed by atoms with Crippen molar-refractivity contribution in [2.45, 2.75) is 25.6 Å². The molecule has 0 saturated carbocycles. The number of nitriles is 1. The van der Waals surface area contributed by atoms with Gasteiger partial charge in [0.15, 0.2) is 5.82 Å². The molecule has 1 aromatic rings. The van der Waals surface area contributed by atoms with Crippen LogP contribution in [-0.4, -0.2) is 41.5 Å². The van der Waals surface area contributed by atoms with Gasteiger partial charge in [0.1, 0.15) is 6.07 Å². The van der Waals surface area contributed by atoms with Gasteiger partial charge in [0.25, 0.3) is 0 Å². The van der Waals surface area contributed by atoms with Gasteiger partial charge in [-0.1, -0.05) is 0 Å². The first kappa shape index (κ1) is 13.6. The van der Waals surface area contributed by atoms with Gasteiger partial charge in [-0.2, -0.15) is 5.26 Å². The molecule has 6 nitrogen and oxygen atoms in total. The lowest BCUT2D eigenvalue weighted by molar-refractivity contribution is -0.101. The normalized spacial score (nSPS) is 22.0. The summed E-state index contributed by atoms with van der Waals surface area (Å²) in [7, 11) is 0. The molecule has 0 radical (unpaired) electrons. The number of aliphatic hydroxyl groups is 1. The number of pyridine rings is 1. The monoisotopic (exact) mass is 262 g/mol. The summed E-state index contributed by atoms with van der Waals surface area (Å²) in [4.78, 5) is 6.22. The molecular weight excluding hydrogens is 244 g/mol. The van der Waals surface area contributed by atoms with Gasteiger partial charge in [0.2, 0.25) is 0 Å². The Balaban J connectivity index is 2.33. The van der Waals surface area contributed by atoms with E-state index in [2.05, 4.69) is 4.98 Å². The Labute approximate surface area is 112 Å². The fourth-order valence-electron chi connectivity index (χ4n) is 2.36. The Morgan fingerprint density at radius 3 is 3.05 bits per heavy atom. The van der Waals surface area contributed by atoms with Gasteiger partial charge in [0.05, 0.1) is 29.6 Å². The Bertz CT molecular complexity index is 510. The van der Waals surface area contributed by atoms with Crippen LogP contribution in [0.15, 0.2) is 12.3 Å². The predicted octanol–water partition coefficient (Wildman–Crippen LogP) is 0.512. The molecule has 1 aromatic heterocycles. The van der Waals surface area contributed by atoms with E-state index in [0.29, 0.717) is 30.2 Å². The molecule has 2 heterocycles. The summed E-state index contributed by atoms with van der Waals surface area (Å²) < 4.78 is 5.75. The van der Waals surface area contributed by atoms with Gasteiger partial charge in [-0.25, -0.2) is 4.98 Å². The van der Waals surface area contributed by atoms with E-state index < -0.39 is 5.60 Å². The van der Waals surface area contributed by atoms with Crippen molar-refractivity contribution >= 4 is 11.5 Å². The van der Waals surface area contributed by atoms with E-state index in [1.54, 1.807) is 12.3 Å². The maximum atomic E-state index is 9.30. The smallest absolute Gasteiger partial charge is 0.153 e. The first-order valence-electron chi connectivity index (χ1n) is 6.15. The zero-order valence-electron chi connectivity index (χ0n) is 11.1. The molecule has 1 atom stereocenters.